The molecule has 4 nitrogen and oxygen atoms in total. The van der Waals surface area contributed by atoms with E-state index in [4.69, 9.17) is 4.74 Å². The van der Waals surface area contributed by atoms with Crippen LogP contribution in [-0.2, 0) is 11.3 Å². The molecule has 0 radical (unpaired) electrons. The van der Waals surface area contributed by atoms with Gasteiger partial charge in [0.1, 0.15) is 11.4 Å². The summed E-state index contributed by atoms with van der Waals surface area (Å²) in [5.41, 5.74) is 0.0153. The lowest BCUT2D eigenvalue weighted by Crippen LogP contribution is -2.20. The van der Waals surface area contributed by atoms with E-state index >= 15 is 0 Å². The van der Waals surface area contributed by atoms with Gasteiger partial charge in [-0.2, -0.15) is 0 Å². The van der Waals surface area contributed by atoms with Crippen LogP contribution in [0.15, 0.2) is 29.2 Å². The molecule has 5 heteroatoms. The van der Waals surface area contributed by atoms with Crippen LogP contribution in [0.2, 0.25) is 0 Å². The van der Waals surface area contributed by atoms with Crippen LogP contribution >= 0.6 is 0 Å². The van der Waals surface area contributed by atoms with Crippen molar-refractivity contribution in [2.24, 2.45) is 0 Å². The average molecular weight is 263 g/mol. The first-order valence-corrected chi connectivity index (χ1v) is 6.08. The average Bonchev–Trinajstić information content (AvgIpc) is 2.39. The third-order valence-electron chi connectivity index (χ3n) is 2.88. The zero-order valence-corrected chi connectivity index (χ0v) is 10.8. The third-order valence-corrected chi connectivity index (χ3v) is 2.88. The molecule has 100 valence electrons. The number of carbonyl (C=O) groups is 1. The van der Waals surface area contributed by atoms with Crippen molar-refractivity contribution in [2.75, 3.05) is 6.61 Å². The maximum atomic E-state index is 13.3. The van der Waals surface area contributed by atoms with E-state index in [-0.39, 0.29) is 12.2 Å². The van der Waals surface area contributed by atoms with E-state index in [2.05, 4.69) is 0 Å². The number of esters is 1. The number of hydrogen-bond acceptors (Lipinski definition) is 3. The lowest BCUT2D eigenvalue weighted by molar-refractivity contribution is 0.0524. The van der Waals surface area contributed by atoms with Gasteiger partial charge in [-0.3, -0.25) is 4.79 Å². The zero-order valence-electron chi connectivity index (χ0n) is 10.8. The van der Waals surface area contributed by atoms with Gasteiger partial charge in [0.2, 0.25) is 5.43 Å². The summed E-state index contributed by atoms with van der Waals surface area (Å²) >= 11 is 0. The number of aryl methyl sites for hydroxylation is 1. The molecule has 0 saturated heterocycles. The Morgan fingerprint density at radius 2 is 2.11 bits per heavy atom. The van der Waals surface area contributed by atoms with Crippen LogP contribution < -0.4 is 5.43 Å². The van der Waals surface area contributed by atoms with Crippen molar-refractivity contribution >= 4 is 16.9 Å². The van der Waals surface area contributed by atoms with E-state index in [1.807, 2.05) is 6.92 Å². The lowest BCUT2D eigenvalue weighted by atomic mass is 10.1. The number of carbonyl (C=O) groups excluding carboxylic acids is 1. The van der Waals surface area contributed by atoms with Crippen LogP contribution in [0.5, 0.6) is 0 Å². The molecular formula is C14H14FNO3. The molecule has 0 aliphatic carbocycles. The molecule has 0 aliphatic rings. The highest BCUT2D eigenvalue weighted by molar-refractivity contribution is 5.93. The summed E-state index contributed by atoms with van der Waals surface area (Å²) in [6.07, 6.45) is 1.42. The summed E-state index contributed by atoms with van der Waals surface area (Å²) in [6.45, 7) is 4.24. The quantitative estimate of drug-likeness (QED) is 0.798. The van der Waals surface area contributed by atoms with Crippen molar-refractivity contribution < 1.29 is 13.9 Å². The Labute approximate surface area is 109 Å². The van der Waals surface area contributed by atoms with Gasteiger partial charge in [0.15, 0.2) is 0 Å². The van der Waals surface area contributed by atoms with Gasteiger partial charge in [0.25, 0.3) is 0 Å². The number of halogens is 1. The van der Waals surface area contributed by atoms with E-state index in [9.17, 15) is 14.0 Å². The lowest BCUT2D eigenvalue weighted by Gasteiger charge is -2.11. The number of fused-ring (bicyclic) bond motifs is 1. The minimum atomic E-state index is -0.652. The molecule has 0 saturated carbocycles. The number of ether oxygens (including phenoxy) is 1. The van der Waals surface area contributed by atoms with E-state index in [0.717, 1.165) is 0 Å². The largest absolute Gasteiger partial charge is 0.462 e. The van der Waals surface area contributed by atoms with Crippen LogP contribution in [0.3, 0.4) is 0 Å². The Morgan fingerprint density at radius 1 is 1.37 bits per heavy atom. The number of pyridine rings is 1. The van der Waals surface area contributed by atoms with Crippen LogP contribution in [0.4, 0.5) is 4.39 Å². The smallest absolute Gasteiger partial charge is 0.343 e. The first kappa shape index (κ1) is 13.3. The number of rotatable bonds is 3. The van der Waals surface area contributed by atoms with Crippen LogP contribution in [0.1, 0.15) is 24.2 Å². The second kappa shape index (κ2) is 5.22. The summed E-state index contributed by atoms with van der Waals surface area (Å²) in [5, 5.41) is 0.314. The highest BCUT2D eigenvalue weighted by Crippen LogP contribution is 2.14. The Morgan fingerprint density at radius 3 is 2.74 bits per heavy atom. The molecule has 0 atom stereocenters. The molecule has 0 spiro atoms. The number of nitrogens with zero attached hydrogens (tertiary/aromatic N) is 1. The molecule has 0 N–H and O–H groups in total. The molecule has 0 unspecified atom stereocenters. The molecule has 1 heterocycles. The molecule has 1 aromatic carbocycles. The van der Waals surface area contributed by atoms with E-state index < -0.39 is 17.2 Å². The van der Waals surface area contributed by atoms with Crippen LogP contribution in [-0.4, -0.2) is 17.1 Å². The number of hydrogen-bond donors (Lipinski definition) is 0. The Bertz CT molecular complexity index is 691. The second-order valence-electron chi connectivity index (χ2n) is 4.04. The van der Waals surface area contributed by atoms with Crippen molar-refractivity contribution in [3.05, 3.63) is 46.0 Å². The molecule has 0 fully saturated rings. The molecule has 2 rings (SSSR count). The summed E-state index contributed by atoms with van der Waals surface area (Å²) in [7, 11) is 0. The van der Waals surface area contributed by atoms with Gasteiger partial charge >= 0.3 is 5.97 Å². The van der Waals surface area contributed by atoms with Crippen molar-refractivity contribution in [1.29, 1.82) is 0 Å². The van der Waals surface area contributed by atoms with Gasteiger partial charge in [0.05, 0.1) is 12.1 Å². The van der Waals surface area contributed by atoms with Crippen molar-refractivity contribution in [3.8, 4) is 0 Å². The maximum absolute atomic E-state index is 13.3. The van der Waals surface area contributed by atoms with Gasteiger partial charge in [-0.25, -0.2) is 9.18 Å². The summed E-state index contributed by atoms with van der Waals surface area (Å²) in [6, 6.07) is 3.88. The highest BCUT2D eigenvalue weighted by atomic mass is 19.1. The Balaban J connectivity index is 2.76. The fraction of sp³-hybridized carbons (Fsp3) is 0.286. The first-order valence-electron chi connectivity index (χ1n) is 6.08. The van der Waals surface area contributed by atoms with Crippen molar-refractivity contribution in [3.63, 3.8) is 0 Å². The minimum absolute atomic E-state index is 0.0252. The number of aromatic nitrogens is 1. The predicted octanol–water partition coefficient (Wildman–Crippen LogP) is 2.34. The van der Waals surface area contributed by atoms with E-state index in [1.165, 1.54) is 24.4 Å². The van der Waals surface area contributed by atoms with E-state index in [1.54, 1.807) is 11.5 Å². The summed E-state index contributed by atoms with van der Waals surface area (Å²) in [5.74, 6) is -1.07. The van der Waals surface area contributed by atoms with Gasteiger partial charge in [-0.1, -0.05) is 0 Å². The van der Waals surface area contributed by atoms with E-state index in [0.29, 0.717) is 17.4 Å². The topological polar surface area (TPSA) is 48.3 Å². The molecule has 19 heavy (non-hydrogen) atoms. The molecule has 0 amide bonds. The van der Waals surface area contributed by atoms with Gasteiger partial charge < -0.3 is 9.30 Å². The SMILES string of the molecule is CCOC(=O)c1cn(CC)c2cc(F)ccc2c1=O. The first-order chi connectivity index (χ1) is 9.08. The third kappa shape index (κ3) is 2.36. The molecule has 0 bridgehead atoms. The Hall–Kier alpha value is -2.17. The number of benzene rings is 1. The minimum Gasteiger partial charge on any atom is -0.462 e. The molecule has 1 aromatic heterocycles. The van der Waals surface area contributed by atoms with Crippen molar-refractivity contribution in [2.45, 2.75) is 20.4 Å². The fourth-order valence-electron chi connectivity index (χ4n) is 1.98. The Kier molecular flexibility index (Phi) is 3.64. The fourth-order valence-corrected chi connectivity index (χ4v) is 1.98. The maximum Gasteiger partial charge on any atom is 0.343 e. The summed E-state index contributed by atoms with van der Waals surface area (Å²) in [4.78, 5) is 23.9. The van der Waals surface area contributed by atoms with Gasteiger partial charge in [-0.15, -0.1) is 0 Å². The molecule has 0 aliphatic heterocycles. The monoisotopic (exact) mass is 263 g/mol. The van der Waals surface area contributed by atoms with Crippen LogP contribution in [0.25, 0.3) is 10.9 Å². The predicted molar refractivity (Wildman–Crippen MR) is 69.8 cm³/mol. The van der Waals surface area contributed by atoms with Crippen LogP contribution in [0, 0.1) is 5.82 Å². The standard InChI is InChI=1S/C14H14FNO3/c1-3-16-8-11(14(18)19-4-2)13(17)10-6-5-9(15)7-12(10)16/h5-8H,3-4H2,1-2H3. The second-order valence-corrected chi connectivity index (χ2v) is 4.04. The highest BCUT2D eigenvalue weighted by Gasteiger charge is 2.16. The molecule has 2 aromatic rings. The normalized spacial score (nSPS) is 10.7. The molecular weight excluding hydrogens is 249 g/mol. The zero-order chi connectivity index (χ0) is 14.0. The van der Waals surface area contributed by atoms with Crippen molar-refractivity contribution in [1.82, 2.24) is 4.57 Å². The van der Waals surface area contributed by atoms with Gasteiger partial charge in [0, 0.05) is 18.1 Å². The van der Waals surface area contributed by atoms with Gasteiger partial charge in [-0.05, 0) is 32.0 Å². The summed E-state index contributed by atoms with van der Waals surface area (Å²) < 4.78 is 19.8.